The minimum absolute atomic E-state index is 0.373. The highest BCUT2D eigenvalue weighted by Crippen LogP contribution is 2.28. The molecular formula is C13H16BrNO3. The lowest BCUT2D eigenvalue weighted by molar-refractivity contribution is 0.0736. The summed E-state index contributed by atoms with van der Waals surface area (Å²) < 4.78 is 16.0. The molecule has 0 radical (unpaired) electrons. The Kier molecular flexibility index (Phi) is 6.55. The summed E-state index contributed by atoms with van der Waals surface area (Å²) in [5.74, 6) is 1.37. The van der Waals surface area contributed by atoms with Gasteiger partial charge in [-0.25, -0.2) is 0 Å². The molecule has 5 heteroatoms. The van der Waals surface area contributed by atoms with Gasteiger partial charge in [-0.3, -0.25) is 0 Å². The van der Waals surface area contributed by atoms with Crippen LogP contribution in [0.15, 0.2) is 18.2 Å². The van der Waals surface area contributed by atoms with E-state index in [0.717, 1.165) is 10.9 Å². The lowest BCUT2D eigenvalue weighted by Gasteiger charge is -2.12. The second-order valence-electron chi connectivity index (χ2n) is 3.61. The molecule has 1 aromatic rings. The van der Waals surface area contributed by atoms with Crippen molar-refractivity contribution >= 4 is 15.9 Å². The molecule has 1 rings (SSSR count). The van der Waals surface area contributed by atoms with E-state index in [2.05, 4.69) is 15.9 Å². The second-order valence-corrected chi connectivity index (χ2v) is 4.17. The molecule has 0 aliphatic carbocycles. The molecule has 0 aromatic heterocycles. The van der Waals surface area contributed by atoms with Crippen LogP contribution in [0.2, 0.25) is 0 Å². The summed E-state index contributed by atoms with van der Waals surface area (Å²) in [7, 11) is 1.61. The highest BCUT2D eigenvalue weighted by Gasteiger charge is 2.06. The van der Waals surface area contributed by atoms with E-state index in [1.807, 2.05) is 24.3 Å². The van der Waals surface area contributed by atoms with Gasteiger partial charge in [0.25, 0.3) is 0 Å². The zero-order chi connectivity index (χ0) is 13.4. The van der Waals surface area contributed by atoms with Gasteiger partial charge in [-0.1, -0.05) is 22.0 Å². The number of hydrogen-bond donors (Lipinski definition) is 0. The molecular weight excluding hydrogens is 298 g/mol. The Morgan fingerprint density at radius 3 is 2.72 bits per heavy atom. The van der Waals surface area contributed by atoms with Gasteiger partial charge < -0.3 is 14.2 Å². The normalized spacial score (nSPS) is 11.7. The maximum Gasteiger partial charge on any atom is 0.161 e. The second kappa shape index (κ2) is 7.96. The third kappa shape index (κ3) is 4.55. The molecule has 0 bridgehead atoms. The number of hydrogen-bond acceptors (Lipinski definition) is 4. The predicted octanol–water partition coefficient (Wildman–Crippen LogP) is 2.90. The topological polar surface area (TPSA) is 51.5 Å². The van der Waals surface area contributed by atoms with Crippen molar-refractivity contribution in [2.75, 3.05) is 20.3 Å². The summed E-state index contributed by atoms with van der Waals surface area (Å²) >= 11 is 3.39. The van der Waals surface area contributed by atoms with Gasteiger partial charge in [-0.2, -0.15) is 5.26 Å². The number of benzene rings is 1. The summed E-state index contributed by atoms with van der Waals surface area (Å²) in [6.07, 6.45) is -0.411. The first-order valence-electron chi connectivity index (χ1n) is 5.58. The van der Waals surface area contributed by atoms with Gasteiger partial charge in [-0.15, -0.1) is 0 Å². The van der Waals surface area contributed by atoms with Gasteiger partial charge in [0.1, 0.15) is 12.7 Å². The molecule has 98 valence electrons. The van der Waals surface area contributed by atoms with Crippen LogP contribution < -0.4 is 9.47 Å². The molecule has 4 nitrogen and oxygen atoms in total. The molecule has 18 heavy (non-hydrogen) atoms. The molecule has 0 heterocycles. The minimum Gasteiger partial charge on any atom is -0.493 e. The quantitative estimate of drug-likeness (QED) is 0.573. The van der Waals surface area contributed by atoms with Gasteiger partial charge in [-0.05, 0) is 24.6 Å². The van der Waals surface area contributed by atoms with Gasteiger partial charge in [0.05, 0.1) is 19.8 Å². The molecule has 0 aliphatic heterocycles. The molecule has 1 unspecified atom stereocenters. The highest BCUT2D eigenvalue weighted by molar-refractivity contribution is 9.08. The van der Waals surface area contributed by atoms with Crippen LogP contribution in [0.25, 0.3) is 0 Å². The number of methoxy groups -OCH3 is 1. The van der Waals surface area contributed by atoms with Crippen LogP contribution >= 0.6 is 15.9 Å². The maximum atomic E-state index is 8.55. The first-order valence-corrected chi connectivity index (χ1v) is 6.70. The summed E-state index contributed by atoms with van der Waals surface area (Å²) in [5, 5.41) is 9.32. The summed E-state index contributed by atoms with van der Waals surface area (Å²) in [4.78, 5) is 0. The monoisotopic (exact) mass is 313 g/mol. The molecule has 0 spiro atoms. The van der Waals surface area contributed by atoms with Crippen LogP contribution in [0, 0.1) is 11.3 Å². The van der Waals surface area contributed by atoms with Crippen LogP contribution in [-0.4, -0.2) is 26.4 Å². The van der Waals surface area contributed by atoms with E-state index in [0.29, 0.717) is 24.7 Å². The Hall–Kier alpha value is -1.25. The van der Waals surface area contributed by atoms with E-state index in [4.69, 9.17) is 19.5 Å². The zero-order valence-corrected chi connectivity index (χ0v) is 12.1. The molecule has 1 aromatic carbocycles. The smallest absolute Gasteiger partial charge is 0.161 e. The number of ether oxygens (including phenoxy) is 3. The number of rotatable bonds is 7. The Morgan fingerprint density at radius 1 is 1.33 bits per heavy atom. The van der Waals surface area contributed by atoms with Crippen molar-refractivity contribution in [2.45, 2.75) is 18.4 Å². The molecule has 1 atom stereocenters. The number of nitriles is 1. The molecule has 0 fully saturated rings. The lowest BCUT2D eigenvalue weighted by atomic mass is 10.2. The maximum absolute atomic E-state index is 8.55. The fraction of sp³-hybridized carbons (Fsp3) is 0.462. The minimum atomic E-state index is -0.411. The molecule has 0 saturated carbocycles. The van der Waals surface area contributed by atoms with E-state index in [1.54, 1.807) is 14.0 Å². The zero-order valence-electron chi connectivity index (χ0n) is 10.5. The van der Waals surface area contributed by atoms with Crippen LogP contribution in [0.3, 0.4) is 0 Å². The van der Waals surface area contributed by atoms with E-state index in [9.17, 15) is 0 Å². The summed E-state index contributed by atoms with van der Waals surface area (Å²) in [6, 6.07) is 7.74. The van der Waals surface area contributed by atoms with Crippen molar-refractivity contribution < 1.29 is 14.2 Å². The fourth-order valence-corrected chi connectivity index (χ4v) is 1.68. The number of halogens is 1. The van der Waals surface area contributed by atoms with Gasteiger partial charge in [0, 0.05) is 5.33 Å². The Morgan fingerprint density at radius 2 is 2.11 bits per heavy atom. The van der Waals surface area contributed by atoms with Crippen molar-refractivity contribution in [3.63, 3.8) is 0 Å². The standard InChI is InChI=1S/C13H16BrNO3/c1-10(9-15)17-5-6-18-12-4-3-11(8-14)7-13(12)16-2/h3-4,7,10H,5-6,8H2,1-2H3. The van der Waals surface area contributed by atoms with Gasteiger partial charge >= 0.3 is 0 Å². The number of alkyl halides is 1. The summed E-state index contributed by atoms with van der Waals surface area (Å²) in [5.41, 5.74) is 1.12. The molecule has 0 amide bonds. The van der Waals surface area contributed by atoms with E-state index in [1.165, 1.54) is 0 Å². The number of nitrogens with zero attached hydrogens (tertiary/aromatic N) is 1. The first-order chi connectivity index (χ1) is 8.71. The van der Waals surface area contributed by atoms with Crippen LogP contribution in [0.4, 0.5) is 0 Å². The van der Waals surface area contributed by atoms with Crippen molar-refractivity contribution in [3.8, 4) is 17.6 Å². The van der Waals surface area contributed by atoms with Crippen molar-refractivity contribution in [3.05, 3.63) is 23.8 Å². The SMILES string of the molecule is COc1cc(CBr)ccc1OCCOC(C)C#N. The van der Waals surface area contributed by atoms with Crippen molar-refractivity contribution in [1.29, 1.82) is 5.26 Å². The van der Waals surface area contributed by atoms with Crippen molar-refractivity contribution in [2.24, 2.45) is 0 Å². The third-order valence-corrected chi connectivity index (χ3v) is 2.92. The van der Waals surface area contributed by atoms with E-state index in [-0.39, 0.29) is 0 Å². The molecule has 0 saturated heterocycles. The average Bonchev–Trinajstić information content (AvgIpc) is 2.43. The Balaban J connectivity index is 2.49. The lowest BCUT2D eigenvalue weighted by Crippen LogP contribution is -2.12. The Bertz CT molecular complexity index is 417. The van der Waals surface area contributed by atoms with E-state index >= 15 is 0 Å². The van der Waals surface area contributed by atoms with Gasteiger partial charge in [0.15, 0.2) is 11.5 Å². The van der Waals surface area contributed by atoms with Crippen molar-refractivity contribution in [1.82, 2.24) is 0 Å². The van der Waals surface area contributed by atoms with Crippen LogP contribution in [0.5, 0.6) is 11.5 Å². The molecule has 0 N–H and O–H groups in total. The third-order valence-electron chi connectivity index (χ3n) is 2.27. The fourth-order valence-electron chi connectivity index (χ4n) is 1.33. The highest BCUT2D eigenvalue weighted by atomic mass is 79.9. The van der Waals surface area contributed by atoms with Gasteiger partial charge in [0.2, 0.25) is 0 Å². The van der Waals surface area contributed by atoms with Crippen LogP contribution in [0.1, 0.15) is 12.5 Å². The largest absolute Gasteiger partial charge is 0.493 e. The summed E-state index contributed by atoms with van der Waals surface area (Å²) in [6.45, 7) is 2.46. The Labute approximate surface area is 116 Å². The predicted molar refractivity (Wildman–Crippen MR) is 72.1 cm³/mol. The molecule has 0 aliphatic rings. The average molecular weight is 314 g/mol. The first kappa shape index (κ1) is 14.8. The van der Waals surface area contributed by atoms with E-state index < -0.39 is 6.10 Å². The van der Waals surface area contributed by atoms with Crippen LogP contribution in [-0.2, 0) is 10.1 Å².